The summed E-state index contributed by atoms with van der Waals surface area (Å²) in [4.78, 5) is 28.2. The Labute approximate surface area is 144 Å². The molecule has 3 rings (SSSR count). The molecule has 0 radical (unpaired) electrons. The van der Waals surface area contributed by atoms with Crippen LogP contribution in [0, 0.1) is 5.92 Å². The molecule has 2 aliphatic rings. The summed E-state index contributed by atoms with van der Waals surface area (Å²) >= 11 is 0. The minimum Gasteiger partial charge on any atom is -0.339 e. The van der Waals surface area contributed by atoms with Gasteiger partial charge in [-0.25, -0.2) is 0 Å². The number of fused-ring (bicyclic) bond motifs is 1. The van der Waals surface area contributed by atoms with Crippen LogP contribution in [0.25, 0.3) is 0 Å². The van der Waals surface area contributed by atoms with Crippen LogP contribution in [0.3, 0.4) is 0 Å². The van der Waals surface area contributed by atoms with E-state index in [0.29, 0.717) is 0 Å². The number of carbonyl (C=O) groups excluding carboxylic acids is 2. The Bertz CT molecular complexity index is 621. The molecule has 0 aromatic heterocycles. The van der Waals surface area contributed by atoms with E-state index in [-0.39, 0.29) is 11.8 Å². The average Bonchev–Trinajstić information content (AvgIpc) is 3.03. The van der Waals surface area contributed by atoms with Crippen LogP contribution < -0.4 is 10.2 Å². The number of piperidine rings is 1. The maximum absolute atomic E-state index is 12.8. The molecule has 0 saturated carbocycles. The van der Waals surface area contributed by atoms with Gasteiger partial charge >= 0.3 is 0 Å². The molecule has 5 heteroatoms. The lowest BCUT2D eigenvalue weighted by atomic mass is 9.93. The first-order chi connectivity index (χ1) is 11.6. The average molecular weight is 329 g/mol. The van der Waals surface area contributed by atoms with E-state index in [1.54, 1.807) is 11.8 Å². The van der Waals surface area contributed by atoms with Crippen molar-refractivity contribution in [2.45, 2.75) is 32.6 Å². The van der Waals surface area contributed by atoms with Gasteiger partial charge in [-0.1, -0.05) is 0 Å². The summed E-state index contributed by atoms with van der Waals surface area (Å²) in [7, 11) is 1.99. The van der Waals surface area contributed by atoms with Gasteiger partial charge in [-0.2, -0.15) is 0 Å². The molecule has 130 valence electrons. The van der Waals surface area contributed by atoms with Gasteiger partial charge in [0.2, 0.25) is 5.91 Å². The Balaban J connectivity index is 1.64. The van der Waals surface area contributed by atoms with Crippen molar-refractivity contribution in [3.8, 4) is 0 Å². The van der Waals surface area contributed by atoms with Gasteiger partial charge in [-0.3, -0.25) is 9.59 Å². The van der Waals surface area contributed by atoms with Crippen LogP contribution in [-0.4, -0.2) is 49.9 Å². The molecule has 1 fully saturated rings. The number of carbonyl (C=O) groups is 2. The van der Waals surface area contributed by atoms with Crippen molar-refractivity contribution in [2.24, 2.45) is 5.92 Å². The molecular weight excluding hydrogens is 302 g/mol. The Kier molecular flexibility index (Phi) is 5.19. The number of rotatable bonds is 4. The quantitative estimate of drug-likeness (QED) is 0.920. The molecule has 5 nitrogen and oxygen atoms in total. The molecule has 1 N–H and O–H groups in total. The SMILES string of the molecule is CNCCC1CCN(C(=O)c2ccc3c(c2)CCN3C(C)=O)CC1. The van der Waals surface area contributed by atoms with Gasteiger partial charge < -0.3 is 15.1 Å². The highest BCUT2D eigenvalue weighted by Gasteiger charge is 2.26. The van der Waals surface area contributed by atoms with E-state index in [9.17, 15) is 9.59 Å². The van der Waals surface area contributed by atoms with Crippen molar-refractivity contribution >= 4 is 17.5 Å². The highest BCUT2D eigenvalue weighted by molar-refractivity contribution is 5.97. The number of nitrogens with zero attached hydrogens (tertiary/aromatic N) is 2. The molecule has 0 atom stereocenters. The summed E-state index contributed by atoms with van der Waals surface area (Å²) in [6, 6.07) is 5.78. The van der Waals surface area contributed by atoms with Crippen molar-refractivity contribution < 1.29 is 9.59 Å². The smallest absolute Gasteiger partial charge is 0.253 e. The van der Waals surface area contributed by atoms with Crippen molar-refractivity contribution in [2.75, 3.05) is 38.1 Å². The van der Waals surface area contributed by atoms with Gasteiger partial charge in [0.15, 0.2) is 0 Å². The molecule has 2 aliphatic heterocycles. The van der Waals surface area contributed by atoms with Crippen LogP contribution in [-0.2, 0) is 11.2 Å². The van der Waals surface area contributed by atoms with Crippen LogP contribution in [0.1, 0.15) is 42.1 Å². The summed E-state index contributed by atoms with van der Waals surface area (Å²) in [5, 5.41) is 3.20. The largest absolute Gasteiger partial charge is 0.339 e. The normalized spacial score (nSPS) is 17.9. The highest BCUT2D eigenvalue weighted by atomic mass is 16.2. The topological polar surface area (TPSA) is 52.7 Å². The van der Waals surface area contributed by atoms with E-state index in [1.807, 2.05) is 30.1 Å². The number of likely N-dealkylation sites (tertiary alicyclic amines) is 1. The van der Waals surface area contributed by atoms with Crippen LogP contribution in [0.15, 0.2) is 18.2 Å². The minimum absolute atomic E-state index is 0.0662. The lowest BCUT2D eigenvalue weighted by molar-refractivity contribution is -0.116. The van der Waals surface area contributed by atoms with E-state index >= 15 is 0 Å². The Hall–Kier alpha value is -1.88. The molecule has 0 bridgehead atoms. The second kappa shape index (κ2) is 7.34. The molecule has 2 amide bonds. The fourth-order valence-electron chi connectivity index (χ4n) is 3.82. The van der Waals surface area contributed by atoms with Gasteiger partial charge in [-0.05, 0) is 69.0 Å². The monoisotopic (exact) mass is 329 g/mol. The fraction of sp³-hybridized carbons (Fsp3) is 0.579. The third-order valence-electron chi connectivity index (χ3n) is 5.31. The molecule has 0 aliphatic carbocycles. The summed E-state index contributed by atoms with van der Waals surface area (Å²) in [5.41, 5.74) is 2.83. The number of hydrogen-bond acceptors (Lipinski definition) is 3. The van der Waals surface area contributed by atoms with Gasteiger partial charge in [-0.15, -0.1) is 0 Å². The van der Waals surface area contributed by atoms with E-state index in [2.05, 4.69) is 5.32 Å². The Morgan fingerprint density at radius 2 is 1.96 bits per heavy atom. The zero-order valence-electron chi connectivity index (χ0n) is 14.7. The van der Waals surface area contributed by atoms with E-state index in [1.165, 1.54) is 6.42 Å². The fourth-order valence-corrected chi connectivity index (χ4v) is 3.82. The zero-order chi connectivity index (χ0) is 17.1. The molecule has 2 heterocycles. The molecular formula is C19H27N3O2. The van der Waals surface area contributed by atoms with Gasteiger partial charge in [0.05, 0.1) is 0 Å². The standard InChI is InChI=1S/C19H27N3O2/c1-14(23)22-12-8-16-13-17(3-4-18(16)22)19(24)21-10-6-15(7-11-21)5-9-20-2/h3-4,13,15,20H,5-12H2,1-2H3. The molecule has 0 spiro atoms. The van der Waals surface area contributed by atoms with Crippen LogP contribution in [0.5, 0.6) is 0 Å². The van der Waals surface area contributed by atoms with E-state index in [4.69, 9.17) is 0 Å². The predicted molar refractivity (Wildman–Crippen MR) is 95.3 cm³/mol. The van der Waals surface area contributed by atoms with Crippen LogP contribution in [0.4, 0.5) is 5.69 Å². The van der Waals surface area contributed by atoms with Gasteiger partial charge in [0.25, 0.3) is 5.91 Å². The van der Waals surface area contributed by atoms with E-state index < -0.39 is 0 Å². The molecule has 0 unspecified atom stereocenters. The maximum Gasteiger partial charge on any atom is 0.253 e. The van der Waals surface area contributed by atoms with Crippen LogP contribution in [0.2, 0.25) is 0 Å². The third kappa shape index (κ3) is 3.46. The summed E-state index contributed by atoms with van der Waals surface area (Å²) < 4.78 is 0. The van der Waals surface area contributed by atoms with Crippen molar-refractivity contribution in [1.82, 2.24) is 10.2 Å². The number of amides is 2. The zero-order valence-corrected chi connectivity index (χ0v) is 14.7. The van der Waals surface area contributed by atoms with Crippen molar-refractivity contribution in [1.29, 1.82) is 0 Å². The first-order valence-corrected chi connectivity index (χ1v) is 8.95. The summed E-state index contributed by atoms with van der Waals surface area (Å²) in [6.45, 7) is 5.06. The summed E-state index contributed by atoms with van der Waals surface area (Å²) in [5.74, 6) is 0.924. The lowest BCUT2D eigenvalue weighted by Crippen LogP contribution is -2.39. The number of hydrogen-bond donors (Lipinski definition) is 1. The molecule has 1 aromatic carbocycles. The molecule has 1 saturated heterocycles. The Morgan fingerprint density at radius 1 is 1.21 bits per heavy atom. The second-order valence-corrected chi connectivity index (χ2v) is 6.89. The lowest BCUT2D eigenvalue weighted by Gasteiger charge is -2.32. The van der Waals surface area contributed by atoms with Crippen LogP contribution >= 0.6 is 0 Å². The van der Waals surface area contributed by atoms with Gasteiger partial charge in [0, 0.05) is 37.8 Å². The molecule has 1 aromatic rings. The number of nitrogens with one attached hydrogen (secondary N) is 1. The predicted octanol–water partition coefficient (Wildman–Crippen LogP) is 2.06. The summed E-state index contributed by atoms with van der Waals surface area (Å²) in [6.07, 6.45) is 4.22. The third-order valence-corrected chi connectivity index (χ3v) is 5.31. The first kappa shape index (κ1) is 17.0. The number of benzene rings is 1. The second-order valence-electron chi connectivity index (χ2n) is 6.89. The highest BCUT2D eigenvalue weighted by Crippen LogP contribution is 2.30. The number of anilines is 1. The first-order valence-electron chi connectivity index (χ1n) is 8.95. The Morgan fingerprint density at radius 3 is 2.62 bits per heavy atom. The van der Waals surface area contributed by atoms with Crippen molar-refractivity contribution in [3.63, 3.8) is 0 Å². The maximum atomic E-state index is 12.8. The minimum atomic E-state index is 0.0662. The molecule has 24 heavy (non-hydrogen) atoms. The van der Waals surface area contributed by atoms with Gasteiger partial charge in [0.1, 0.15) is 0 Å². The van der Waals surface area contributed by atoms with E-state index in [0.717, 1.165) is 68.2 Å². The van der Waals surface area contributed by atoms with Crippen molar-refractivity contribution in [3.05, 3.63) is 29.3 Å².